The molecule has 0 heterocycles. The van der Waals surface area contributed by atoms with E-state index in [1.807, 2.05) is 44.2 Å². The van der Waals surface area contributed by atoms with E-state index < -0.39 is 5.60 Å². The van der Waals surface area contributed by atoms with E-state index in [9.17, 15) is 5.11 Å². The van der Waals surface area contributed by atoms with Gasteiger partial charge in [0.05, 0.1) is 10.1 Å². The first-order valence-corrected chi connectivity index (χ1v) is 7.26. The van der Waals surface area contributed by atoms with E-state index >= 15 is 0 Å². The summed E-state index contributed by atoms with van der Waals surface area (Å²) in [7, 11) is 0. The first kappa shape index (κ1) is 15.1. The quantitative estimate of drug-likeness (QED) is 0.866. The molecule has 0 aromatic heterocycles. The molecular formula is C17H18BrO2. The molecule has 0 aliphatic heterocycles. The number of benzene rings is 2. The second kappa shape index (κ2) is 5.58. The zero-order valence-corrected chi connectivity index (χ0v) is 13.7. The van der Waals surface area contributed by atoms with Crippen LogP contribution in [0.3, 0.4) is 0 Å². The summed E-state index contributed by atoms with van der Waals surface area (Å²) in [6.45, 7) is 7.52. The summed E-state index contributed by atoms with van der Waals surface area (Å²) in [4.78, 5) is 0. The summed E-state index contributed by atoms with van der Waals surface area (Å²) < 4.78 is 6.81. The lowest BCUT2D eigenvalue weighted by atomic mass is 9.98. The van der Waals surface area contributed by atoms with E-state index in [1.165, 1.54) is 0 Å². The molecule has 0 atom stereocenters. The van der Waals surface area contributed by atoms with Crippen LogP contribution in [0.25, 0.3) is 0 Å². The third-order valence-corrected chi connectivity index (χ3v) is 3.79. The summed E-state index contributed by atoms with van der Waals surface area (Å²) in [5.74, 6) is 1.58. The number of hydrogen-bond acceptors (Lipinski definition) is 2. The lowest BCUT2D eigenvalue weighted by molar-refractivity contribution is 0.0785. The van der Waals surface area contributed by atoms with Crippen LogP contribution in [0, 0.1) is 19.9 Å². The fourth-order valence-electron chi connectivity index (χ4n) is 1.97. The van der Waals surface area contributed by atoms with Crippen molar-refractivity contribution in [1.29, 1.82) is 0 Å². The van der Waals surface area contributed by atoms with Crippen LogP contribution in [0.2, 0.25) is 0 Å². The van der Waals surface area contributed by atoms with Crippen LogP contribution >= 0.6 is 15.9 Å². The molecule has 105 valence electrons. The largest absolute Gasteiger partial charge is 0.456 e. The molecule has 2 aromatic carbocycles. The van der Waals surface area contributed by atoms with Gasteiger partial charge in [-0.05, 0) is 90.6 Å². The second-order valence-corrected chi connectivity index (χ2v) is 6.31. The third-order valence-electron chi connectivity index (χ3n) is 3.17. The average molecular weight is 334 g/mol. The van der Waals surface area contributed by atoms with Gasteiger partial charge >= 0.3 is 0 Å². The fraction of sp³-hybridized carbons (Fsp3) is 0.294. The molecule has 2 nitrogen and oxygen atoms in total. The van der Waals surface area contributed by atoms with Gasteiger partial charge in [0.2, 0.25) is 0 Å². The minimum Gasteiger partial charge on any atom is -0.456 e. The molecular weight excluding hydrogens is 316 g/mol. The predicted octanol–water partition coefficient (Wildman–Crippen LogP) is 4.89. The van der Waals surface area contributed by atoms with E-state index in [0.717, 1.165) is 32.7 Å². The first-order valence-electron chi connectivity index (χ1n) is 6.46. The Morgan fingerprint density at radius 2 is 1.75 bits per heavy atom. The number of rotatable bonds is 3. The van der Waals surface area contributed by atoms with Crippen molar-refractivity contribution in [2.24, 2.45) is 0 Å². The molecule has 0 unspecified atom stereocenters. The first-order chi connectivity index (χ1) is 9.29. The van der Waals surface area contributed by atoms with Gasteiger partial charge in [-0.1, -0.05) is 6.07 Å². The van der Waals surface area contributed by atoms with Crippen LogP contribution in [-0.4, -0.2) is 5.11 Å². The third kappa shape index (κ3) is 3.22. The number of ether oxygens (including phenoxy) is 1. The monoisotopic (exact) mass is 333 g/mol. The van der Waals surface area contributed by atoms with Crippen LogP contribution in [-0.2, 0) is 5.60 Å². The Labute approximate surface area is 128 Å². The molecule has 0 aliphatic rings. The van der Waals surface area contributed by atoms with Gasteiger partial charge < -0.3 is 9.84 Å². The summed E-state index contributed by atoms with van der Waals surface area (Å²) in [5.41, 5.74) is 2.06. The minimum absolute atomic E-state index is 0.732. The SMILES string of the molecule is Cc1c[c]cc(C)c1Oc1ccc(C(C)(C)O)cc1Br. The van der Waals surface area contributed by atoms with Crippen LogP contribution in [0.1, 0.15) is 30.5 Å². The van der Waals surface area contributed by atoms with Gasteiger partial charge in [0, 0.05) is 0 Å². The maximum Gasteiger partial charge on any atom is 0.141 e. The summed E-state index contributed by atoms with van der Waals surface area (Å²) in [5, 5.41) is 10.0. The van der Waals surface area contributed by atoms with Gasteiger partial charge in [0.25, 0.3) is 0 Å². The van der Waals surface area contributed by atoms with E-state index in [4.69, 9.17) is 4.74 Å². The van der Waals surface area contributed by atoms with Gasteiger partial charge in [-0.2, -0.15) is 0 Å². The Morgan fingerprint density at radius 3 is 2.25 bits per heavy atom. The Morgan fingerprint density at radius 1 is 1.15 bits per heavy atom. The highest BCUT2D eigenvalue weighted by Gasteiger charge is 2.17. The van der Waals surface area contributed by atoms with Crippen molar-refractivity contribution in [1.82, 2.24) is 0 Å². The maximum absolute atomic E-state index is 10.0. The highest BCUT2D eigenvalue weighted by Crippen LogP contribution is 2.35. The minimum atomic E-state index is -0.866. The average Bonchev–Trinajstić information content (AvgIpc) is 2.34. The normalized spacial score (nSPS) is 11.5. The van der Waals surface area contributed by atoms with Crippen molar-refractivity contribution in [2.75, 3.05) is 0 Å². The van der Waals surface area contributed by atoms with Crippen LogP contribution in [0.4, 0.5) is 0 Å². The number of hydrogen-bond donors (Lipinski definition) is 1. The smallest absolute Gasteiger partial charge is 0.141 e. The molecule has 2 aromatic rings. The highest BCUT2D eigenvalue weighted by molar-refractivity contribution is 9.10. The van der Waals surface area contributed by atoms with Gasteiger partial charge in [-0.3, -0.25) is 0 Å². The standard InChI is InChI=1S/C17H18BrO2/c1-11-6-5-7-12(2)16(11)20-15-9-8-13(10-14(15)18)17(3,4)19/h6-10,19H,1-4H3. The number of halogens is 1. The Balaban J connectivity index is 2.36. The Bertz CT molecular complexity index is 607. The fourth-order valence-corrected chi connectivity index (χ4v) is 2.43. The molecule has 0 spiro atoms. The molecule has 20 heavy (non-hydrogen) atoms. The van der Waals surface area contributed by atoms with Gasteiger partial charge in [-0.15, -0.1) is 0 Å². The zero-order valence-electron chi connectivity index (χ0n) is 12.1. The maximum atomic E-state index is 10.0. The molecule has 0 saturated carbocycles. The molecule has 1 radical (unpaired) electrons. The molecule has 0 saturated heterocycles. The predicted molar refractivity (Wildman–Crippen MR) is 84.2 cm³/mol. The van der Waals surface area contributed by atoms with Crippen LogP contribution in [0.5, 0.6) is 11.5 Å². The zero-order chi connectivity index (χ0) is 14.9. The number of aliphatic hydroxyl groups is 1. The lowest BCUT2D eigenvalue weighted by Crippen LogP contribution is -2.15. The molecule has 0 bridgehead atoms. The molecule has 1 N–H and O–H groups in total. The van der Waals surface area contributed by atoms with Crippen molar-refractivity contribution in [2.45, 2.75) is 33.3 Å². The topological polar surface area (TPSA) is 29.5 Å². The van der Waals surface area contributed by atoms with Crippen molar-refractivity contribution in [3.8, 4) is 11.5 Å². The summed E-state index contributed by atoms with van der Waals surface area (Å²) in [6, 6.07) is 12.5. The van der Waals surface area contributed by atoms with E-state index in [1.54, 1.807) is 13.8 Å². The molecule has 0 aliphatic carbocycles. The lowest BCUT2D eigenvalue weighted by Gasteiger charge is -2.19. The second-order valence-electron chi connectivity index (χ2n) is 5.46. The van der Waals surface area contributed by atoms with Crippen molar-refractivity contribution in [3.05, 3.63) is 57.6 Å². The summed E-state index contributed by atoms with van der Waals surface area (Å²) >= 11 is 3.50. The Kier molecular flexibility index (Phi) is 4.21. The van der Waals surface area contributed by atoms with Gasteiger partial charge in [0.1, 0.15) is 11.5 Å². The van der Waals surface area contributed by atoms with Crippen molar-refractivity contribution >= 4 is 15.9 Å². The van der Waals surface area contributed by atoms with Crippen molar-refractivity contribution in [3.63, 3.8) is 0 Å². The van der Waals surface area contributed by atoms with Gasteiger partial charge in [-0.25, -0.2) is 0 Å². The summed E-state index contributed by atoms with van der Waals surface area (Å²) in [6.07, 6.45) is 0. The molecule has 3 heteroatoms. The number of aryl methyl sites for hydroxylation is 2. The van der Waals surface area contributed by atoms with E-state index in [-0.39, 0.29) is 0 Å². The van der Waals surface area contributed by atoms with Crippen LogP contribution in [0.15, 0.2) is 34.8 Å². The molecule has 0 fully saturated rings. The van der Waals surface area contributed by atoms with E-state index in [0.29, 0.717) is 0 Å². The molecule has 0 amide bonds. The van der Waals surface area contributed by atoms with E-state index in [2.05, 4.69) is 22.0 Å². The Hall–Kier alpha value is -1.32. The molecule has 2 rings (SSSR count). The van der Waals surface area contributed by atoms with Crippen molar-refractivity contribution < 1.29 is 9.84 Å². The van der Waals surface area contributed by atoms with Gasteiger partial charge in [0.15, 0.2) is 0 Å². The highest BCUT2D eigenvalue weighted by atomic mass is 79.9. The van der Waals surface area contributed by atoms with Crippen LogP contribution < -0.4 is 4.74 Å².